The lowest BCUT2D eigenvalue weighted by Crippen LogP contribution is -2.33. The van der Waals surface area contributed by atoms with Gasteiger partial charge in [0.05, 0.1) is 24.3 Å². The number of anilines is 2. The maximum Gasteiger partial charge on any atom is 0.414 e. The van der Waals surface area contributed by atoms with E-state index in [1.165, 1.54) is 45.7 Å². The third-order valence-electron chi connectivity index (χ3n) is 4.09. The lowest BCUT2D eigenvalue weighted by atomic mass is 10.1. The second-order valence-corrected chi connectivity index (χ2v) is 6.80. The quantitative estimate of drug-likeness (QED) is 0.783. The van der Waals surface area contributed by atoms with E-state index in [1.807, 2.05) is 0 Å². The van der Waals surface area contributed by atoms with Crippen LogP contribution >= 0.6 is 11.3 Å². The van der Waals surface area contributed by atoms with Gasteiger partial charge in [0.1, 0.15) is 17.4 Å². The van der Waals surface area contributed by atoms with Crippen LogP contribution in [0.2, 0.25) is 0 Å². The van der Waals surface area contributed by atoms with Crippen LogP contribution in [0.15, 0.2) is 23.7 Å². The van der Waals surface area contributed by atoms with Gasteiger partial charge < -0.3 is 10.1 Å². The molecule has 1 N–H and O–H groups in total. The van der Waals surface area contributed by atoms with Gasteiger partial charge in [-0.05, 0) is 25.1 Å². The summed E-state index contributed by atoms with van der Waals surface area (Å²) < 4.78 is 19.8. The Labute approximate surface area is 164 Å². The van der Waals surface area contributed by atoms with E-state index in [4.69, 9.17) is 4.74 Å². The van der Waals surface area contributed by atoms with E-state index in [2.05, 4.69) is 15.5 Å². The first-order chi connectivity index (χ1) is 13.4. The van der Waals surface area contributed by atoms with Gasteiger partial charge in [-0.1, -0.05) is 11.3 Å². The second-order valence-electron chi connectivity index (χ2n) is 5.99. The zero-order valence-electron chi connectivity index (χ0n) is 15.2. The van der Waals surface area contributed by atoms with E-state index >= 15 is 0 Å². The van der Waals surface area contributed by atoms with Gasteiger partial charge in [0.2, 0.25) is 11.0 Å². The third kappa shape index (κ3) is 4.09. The number of hydrogen-bond acceptors (Lipinski definition) is 7. The number of halogens is 1. The number of aromatic nitrogens is 2. The van der Waals surface area contributed by atoms with Crippen molar-refractivity contribution in [3.05, 3.63) is 35.1 Å². The van der Waals surface area contributed by atoms with Gasteiger partial charge in [-0.25, -0.2) is 9.18 Å². The highest BCUT2D eigenvalue weighted by Crippen LogP contribution is 2.26. The van der Waals surface area contributed by atoms with E-state index < -0.39 is 23.9 Å². The van der Waals surface area contributed by atoms with E-state index in [0.29, 0.717) is 11.7 Å². The van der Waals surface area contributed by atoms with Crippen LogP contribution in [-0.4, -0.2) is 53.8 Å². The van der Waals surface area contributed by atoms with Crippen LogP contribution < -0.4 is 15.1 Å². The van der Waals surface area contributed by atoms with Crippen molar-refractivity contribution in [1.82, 2.24) is 15.5 Å². The molecule has 0 radical (unpaired) electrons. The molecule has 1 aliphatic heterocycles. The van der Waals surface area contributed by atoms with E-state index in [1.54, 1.807) is 6.92 Å². The van der Waals surface area contributed by atoms with Crippen molar-refractivity contribution in [3.63, 3.8) is 0 Å². The maximum atomic E-state index is 14.7. The van der Waals surface area contributed by atoms with Crippen LogP contribution in [0.3, 0.4) is 0 Å². The van der Waals surface area contributed by atoms with Crippen molar-refractivity contribution < 1.29 is 23.5 Å². The highest BCUT2D eigenvalue weighted by atomic mass is 32.1. The Morgan fingerprint density at radius 2 is 2.25 bits per heavy atom. The molecule has 0 saturated carbocycles. The fourth-order valence-electron chi connectivity index (χ4n) is 2.74. The number of benzene rings is 1. The smallest absolute Gasteiger partial charge is 0.414 e. The molecule has 28 heavy (non-hydrogen) atoms. The zero-order valence-corrected chi connectivity index (χ0v) is 16.0. The fourth-order valence-corrected chi connectivity index (χ4v) is 3.36. The normalized spacial score (nSPS) is 16.0. The standard InChI is InChI=1S/C17H18FN5O4S/c1-3-22(16-21-20-9-28-16)15(25)13-5-4-11(6-14(13)18)23-8-12(27-17(23)26)7-19-10(2)24/h4-6,9,12H,3,7-8H2,1-2H3,(H,19,24)/t12-/m0/s1. The highest BCUT2D eigenvalue weighted by Gasteiger charge is 2.33. The van der Waals surface area contributed by atoms with Crippen LogP contribution in [-0.2, 0) is 9.53 Å². The minimum atomic E-state index is -0.761. The molecule has 1 fully saturated rings. The van der Waals surface area contributed by atoms with Gasteiger partial charge in [-0.2, -0.15) is 0 Å². The first-order valence-electron chi connectivity index (χ1n) is 8.50. The van der Waals surface area contributed by atoms with E-state index in [0.717, 1.165) is 6.07 Å². The van der Waals surface area contributed by atoms with Gasteiger partial charge in [-0.3, -0.25) is 19.4 Å². The maximum absolute atomic E-state index is 14.7. The summed E-state index contributed by atoms with van der Waals surface area (Å²) in [7, 11) is 0. The number of carbonyl (C=O) groups is 3. The van der Waals surface area contributed by atoms with Gasteiger partial charge in [-0.15, -0.1) is 10.2 Å². The Kier molecular flexibility index (Phi) is 5.83. The Morgan fingerprint density at radius 3 is 2.86 bits per heavy atom. The minimum absolute atomic E-state index is 0.136. The Bertz CT molecular complexity index is 892. The van der Waals surface area contributed by atoms with Crippen molar-refractivity contribution >= 4 is 40.1 Å². The summed E-state index contributed by atoms with van der Waals surface area (Å²) in [4.78, 5) is 38.3. The SMILES string of the molecule is CCN(C(=O)c1ccc(N2C[C@H](CNC(C)=O)OC2=O)cc1F)c1nncs1. The molecule has 2 heterocycles. The summed E-state index contributed by atoms with van der Waals surface area (Å²) in [6.07, 6.45) is -1.17. The van der Waals surface area contributed by atoms with Crippen LogP contribution in [0.4, 0.5) is 20.0 Å². The molecule has 1 atom stereocenters. The average Bonchev–Trinajstić information content (AvgIpc) is 3.30. The predicted octanol–water partition coefficient (Wildman–Crippen LogP) is 1.81. The number of nitrogens with zero attached hydrogens (tertiary/aromatic N) is 4. The van der Waals surface area contributed by atoms with Crippen molar-refractivity contribution in [2.45, 2.75) is 20.0 Å². The molecule has 1 aromatic heterocycles. The minimum Gasteiger partial charge on any atom is -0.442 e. The average molecular weight is 407 g/mol. The summed E-state index contributed by atoms with van der Waals surface area (Å²) in [6, 6.07) is 3.92. The Morgan fingerprint density at radius 1 is 1.46 bits per heavy atom. The molecule has 3 amide bonds. The lowest BCUT2D eigenvalue weighted by Gasteiger charge is -2.19. The number of ether oxygens (including phenoxy) is 1. The number of rotatable bonds is 6. The summed E-state index contributed by atoms with van der Waals surface area (Å²) in [5.41, 5.74) is 1.62. The van der Waals surface area contributed by atoms with Crippen LogP contribution in [0.5, 0.6) is 0 Å². The molecule has 1 aliphatic rings. The number of carbonyl (C=O) groups excluding carboxylic acids is 3. The van der Waals surface area contributed by atoms with Crippen molar-refractivity contribution in [3.8, 4) is 0 Å². The monoisotopic (exact) mass is 407 g/mol. The van der Waals surface area contributed by atoms with Crippen molar-refractivity contribution in [2.75, 3.05) is 29.4 Å². The molecule has 0 unspecified atom stereocenters. The molecular weight excluding hydrogens is 389 g/mol. The molecule has 0 spiro atoms. The number of hydrogen-bond donors (Lipinski definition) is 1. The van der Waals surface area contributed by atoms with E-state index in [9.17, 15) is 18.8 Å². The Hall–Kier alpha value is -3.08. The van der Waals surface area contributed by atoms with Gasteiger partial charge in [0, 0.05) is 13.5 Å². The summed E-state index contributed by atoms with van der Waals surface area (Å²) in [6.45, 7) is 3.75. The fraction of sp³-hybridized carbons (Fsp3) is 0.353. The molecule has 9 nitrogen and oxygen atoms in total. The number of amides is 3. The summed E-state index contributed by atoms with van der Waals surface area (Å²) in [5, 5.41) is 10.5. The molecule has 0 aliphatic carbocycles. The summed E-state index contributed by atoms with van der Waals surface area (Å²) >= 11 is 1.18. The van der Waals surface area contributed by atoms with Crippen LogP contribution in [0.1, 0.15) is 24.2 Å². The topological polar surface area (TPSA) is 105 Å². The molecule has 0 bridgehead atoms. The molecule has 148 valence electrons. The molecule has 2 aromatic rings. The number of cyclic esters (lactones) is 1. The van der Waals surface area contributed by atoms with Crippen molar-refractivity contribution in [2.24, 2.45) is 0 Å². The Balaban J connectivity index is 1.76. The first-order valence-corrected chi connectivity index (χ1v) is 9.38. The molecule has 1 aromatic carbocycles. The van der Waals surface area contributed by atoms with Crippen LogP contribution in [0, 0.1) is 5.82 Å². The largest absolute Gasteiger partial charge is 0.442 e. The summed E-state index contributed by atoms with van der Waals surface area (Å²) in [5.74, 6) is -1.54. The van der Waals surface area contributed by atoms with Crippen molar-refractivity contribution in [1.29, 1.82) is 0 Å². The van der Waals surface area contributed by atoms with E-state index in [-0.39, 0.29) is 30.2 Å². The highest BCUT2D eigenvalue weighted by molar-refractivity contribution is 7.13. The second kappa shape index (κ2) is 8.30. The predicted molar refractivity (Wildman–Crippen MR) is 100.0 cm³/mol. The lowest BCUT2D eigenvalue weighted by molar-refractivity contribution is -0.119. The van der Waals surface area contributed by atoms with Crippen LogP contribution in [0.25, 0.3) is 0 Å². The molecular formula is C17H18FN5O4S. The van der Waals surface area contributed by atoms with Gasteiger partial charge >= 0.3 is 6.09 Å². The third-order valence-corrected chi connectivity index (χ3v) is 4.80. The number of nitrogens with one attached hydrogen (secondary N) is 1. The first kappa shape index (κ1) is 19.7. The zero-order chi connectivity index (χ0) is 20.3. The van der Waals surface area contributed by atoms with Gasteiger partial charge in [0.25, 0.3) is 5.91 Å². The molecule has 11 heteroatoms. The molecule has 1 saturated heterocycles. The molecule has 3 rings (SSSR count). The van der Waals surface area contributed by atoms with Gasteiger partial charge in [0.15, 0.2) is 0 Å².